The fraction of sp³-hybridized carbons (Fsp3) is 0.267. The number of nitrogens with one attached hydrogen (secondary N) is 1. The van der Waals surface area contributed by atoms with Crippen LogP contribution in [-0.4, -0.2) is 34.9 Å². The Hall–Kier alpha value is -2.43. The van der Waals surface area contributed by atoms with E-state index in [0.717, 1.165) is 11.4 Å². The van der Waals surface area contributed by atoms with Crippen molar-refractivity contribution < 1.29 is 4.79 Å². The van der Waals surface area contributed by atoms with Crippen molar-refractivity contribution in [3.8, 4) is 0 Å². The highest BCUT2D eigenvalue weighted by Gasteiger charge is 2.09. The van der Waals surface area contributed by atoms with Crippen molar-refractivity contribution in [3.05, 3.63) is 54.0 Å². The third-order valence-electron chi connectivity index (χ3n) is 2.99. The minimum absolute atomic E-state index is 0.0498. The highest BCUT2D eigenvalue weighted by atomic mass is 16.2. The van der Waals surface area contributed by atoms with Crippen LogP contribution in [-0.2, 0) is 0 Å². The predicted molar refractivity (Wildman–Crippen MR) is 78.5 cm³/mol. The van der Waals surface area contributed by atoms with E-state index in [1.54, 1.807) is 38.8 Å². The van der Waals surface area contributed by atoms with Crippen molar-refractivity contribution in [2.45, 2.75) is 13.0 Å². The molecule has 0 radical (unpaired) electrons. The van der Waals surface area contributed by atoms with Gasteiger partial charge in [0.15, 0.2) is 0 Å². The molecular formula is C15H18N4O. The Morgan fingerprint density at radius 2 is 1.90 bits per heavy atom. The molecule has 1 amide bonds. The number of hydrogen-bond donors (Lipinski definition) is 1. The predicted octanol–water partition coefficient (Wildman–Crippen LogP) is 2.35. The van der Waals surface area contributed by atoms with E-state index in [0.29, 0.717) is 5.56 Å². The molecule has 0 aliphatic rings. The molecule has 0 saturated carbocycles. The first-order valence-electron chi connectivity index (χ1n) is 6.42. The van der Waals surface area contributed by atoms with Gasteiger partial charge in [0.05, 0.1) is 11.6 Å². The lowest BCUT2D eigenvalue weighted by molar-refractivity contribution is 0.0827. The van der Waals surface area contributed by atoms with Crippen LogP contribution < -0.4 is 5.32 Å². The standard InChI is InChI=1S/C15H18N4O/c1-11(12-6-8-16-9-7-12)18-14-5-4-13(10-17-14)15(20)19(2)3/h4-11H,1-3H3,(H,17,18). The molecule has 1 N–H and O–H groups in total. The average molecular weight is 270 g/mol. The molecule has 0 fully saturated rings. The van der Waals surface area contributed by atoms with Gasteiger partial charge in [-0.3, -0.25) is 9.78 Å². The first-order chi connectivity index (χ1) is 9.58. The van der Waals surface area contributed by atoms with E-state index in [1.165, 1.54) is 4.90 Å². The Kier molecular flexibility index (Phi) is 4.30. The number of nitrogens with zero attached hydrogens (tertiary/aromatic N) is 3. The summed E-state index contributed by atoms with van der Waals surface area (Å²) in [5, 5.41) is 3.29. The van der Waals surface area contributed by atoms with Crippen molar-refractivity contribution in [2.75, 3.05) is 19.4 Å². The summed E-state index contributed by atoms with van der Waals surface area (Å²) in [6, 6.07) is 7.63. The molecule has 1 atom stereocenters. The molecule has 5 heteroatoms. The summed E-state index contributed by atoms with van der Waals surface area (Å²) < 4.78 is 0. The Balaban J connectivity index is 2.06. The molecular weight excluding hydrogens is 252 g/mol. The smallest absolute Gasteiger partial charge is 0.254 e. The third-order valence-corrected chi connectivity index (χ3v) is 2.99. The van der Waals surface area contributed by atoms with Crippen molar-refractivity contribution in [2.24, 2.45) is 0 Å². The van der Waals surface area contributed by atoms with Crippen LogP contribution in [0.25, 0.3) is 0 Å². The summed E-state index contributed by atoms with van der Waals surface area (Å²) in [7, 11) is 3.44. The fourth-order valence-corrected chi connectivity index (χ4v) is 1.82. The molecule has 0 bridgehead atoms. The Labute approximate surface area is 118 Å². The van der Waals surface area contributed by atoms with Crippen LogP contribution in [0.15, 0.2) is 42.9 Å². The molecule has 2 heterocycles. The average Bonchev–Trinajstić information content (AvgIpc) is 2.48. The van der Waals surface area contributed by atoms with Crippen molar-refractivity contribution >= 4 is 11.7 Å². The molecule has 0 aromatic carbocycles. The van der Waals surface area contributed by atoms with Crippen molar-refractivity contribution in [1.82, 2.24) is 14.9 Å². The fourth-order valence-electron chi connectivity index (χ4n) is 1.82. The topological polar surface area (TPSA) is 58.1 Å². The molecule has 0 spiro atoms. The highest BCUT2D eigenvalue weighted by Crippen LogP contribution is 2.17. The molecule has 104 valence electrons. The minimum Gasteiger partial charge on any atom is -0.364 e. The second-order valence-electron chi connectivity index (χ2n) is 4.78. The maximum atomic E-state index is 11.8. The summed E-state index contributed by atoms with van der Waals surface area (Å²) in [4.78, 5) is 21.6. The Bertz CT molecular complexity index is 566. The van der Waals surface area contributed by atoms with Gasteiger partial charge in [0.1, 0.15) is 5.82 Å². The number of hydrogen-bond acceptors (Lipinski definition) is 4. The largest absolute Gasteiger partial charge is 0.364 e. The van der Waals surface area contributed by atoms with Gasteiger partial charge >= 0.3 is 0 Å². The molecule has 2 aromatic heterocycles. The second kappa shape index (κ2) is 6.14. The van der Waals surface area contributed by atoms with Gasteiger partial charge in [0, 0.05) is 32.7 Å². The Morgan fingerprint density at radius 1 is 1.20 bits per heavy atom. The van der Waals surface area contributed by atoms with E-state index >= 15 is 0 Å². The zero-order valence-electron chi connectivity index (χ0n) is 11.9. The molecule has 2 aromatic rings. The SMILES string of the molecule is CC(Nc1ccc(C(=O)N(C)C)cn1)c1ccncc1. The van der Waals surface area contributed by atoms with E-state index in [4.69, 9.17) is 0 Å². The summed E-state index contributed by atoms with van der Waals surface area (Å²) in [6.45, 7) is 2.05. The Morgan fingerprint density at radius 3 is 2.45 bits per heavy atom. The number of anilines is 1. The molecule has 1 unspecified atom stereocenters. The lowest BCUT2D eigenvalue weighted by atomic mass is 10.1. The molecule has 0 aliphatic carbocycles. The first kappa shape index (κ1) is 14.0. The van der Waals surface area contributed by atoms with Crippen LogP contribution in [0.1, 0.15) is 28.9 Å². The summed E-state index contributed by atoms with van der Waals surface area (Å²) >= 11 is 0. The summed E-state index contributed by atoms with van der Waals surface area (Å²) in [5.74, 6) is 0.691. The van der Waals surface area contributed by atoms with Crippen LogP contribution in [0.5, 0.6) is 0 Å². The number of carbonyl (C=O) groups is 1. The number of rotatable bonds is 4. The maximum Gasteiger partial charge on any atom is 0.254 e. The molecule has 0 aliphatic heterocycles. The van der Waals surface area contributed by atoms with Gasteiger partial charge in [0.2, 0.25) is 0 Å². The van der Waals surface area contributed by atoms with Crippen LogP contribution >= 0.6 is 0 Å². The third kappa shape index (κ3) is 3.32. The number of carbonyl (C=O) groups excluding carboxylic acids is 1. The molecule has 0 saturated heterocycles. The number of amides is 1. The lowest BCUT2D eigenvalue weighted by Gasteiger charge is -2.15. The zero-order valence-corrected chi connectivity index (χ0v) is 11.9. The molecule has 5 nitrogen and oxygen atoms in total. The van der Waals surface area contributed by atoms with Gasteiger partial charge in [0.25, 0.3) is 5.91 Å². The van der Waals surface area contributed by atoms with Gasteiger partial charge in [-0.1, -0.05) is 0 Å². The van der Waals surface area contributed by atoms with Crippen LogP contribution in [0.4, 0.5) is 5.82 Å². The van der Waals surface area contributed by atoms with Gasteiger partial charge in [-0.05, 0) is 36.8 Å². The van der Waals surface area contributed by atoms with Crippen LogP contribution in [0.2, 0.25) is 0 Å². The maximum absolute atomic E-state index is 11.8. The molecule has 20 heavy (non-hydrogen) atoms. The van der Waals surface area contributed by atoms with Gasteiger partial charge in [-0.2, -0.15) is 0 Å². The first-order valence-corrected chi connectivity index (χ1v) is 6.42. The van der Waals surface area contributed by atoms with Gasteiger partial charge in [-0.15, -0.1) is 0 Å². The van der Waals surface area contributed by atoms with E-state index < -0.39 is 0 Å². The van der Waals surface area contributed by atoms with E-state index in [-0.39, 0.29) is 11.9 Å². The van der Waals surface area contributed by atoms with E-state index in [2.05, 4.69) is 22.2 Å². The van der Waals surface area contributed by atoms with Crippen molar-refractivity contribution in [3.63, 3.8) is 0 Å². The van der Waals surface area contributed by atoms with E-state index in [9.17, 15) is 4.79 Å². The lowest BCUT2D eigenvalue weighted by Crippen LogP contribution is -2.21. The van der Waals surface area contributed by atoms with Gasteiger partial charge < -0.3 is 10.2 Å². The molecule has 2 rings (SSSR count). The zero-order chi connectivity index (χ0) is 14.5. The summed E-state index contributed by atoms with van der Waals surface area (Å²) in [6.07, 6.45) is 5.11. The normalized spacial score (nSPS) is 11.8. The quantitative estimate of drug-likeness (QED) is 0.926. The second-order valence-corrected chi connectivity index (χ2v) is 4.78. The van der Waals surface area contributed by atoms with Crippen molar-refractivity contribution in [1.29, 1.82) is 0 Å². The highest BCUT2D eigenvalue weighted by molar-refractivity contribution is 5.93. The van der Waals surface area contributed by atoms with Crippen LogP contribution in [0, 0.1) is 0 Å². The van der Waals surface area contributed by atoms with E-state index in [1.807, 2.05) is 18.2 Å². The monoisotopic (exact) mass is 270 g/mol. The number of pyridine rings is 2. The van der Waals surface area contributed by atoms with Crippen LogP contribution in [0.3, 0.4) is 0 Å². The minimum atomic E-state index is -0.0498. The van der Waals surface area contributed by atoms with Gasteiger partial charge in [-0.25, -0.2) is 4.98 Å². The number of aromatic nitrogens is 2. The summed E-state index contributed by atoms with van der Waals surface area (Å²) in [5.41, 5.74) is 1.72.